The van der Waals surface area contributed by atoms with Gasteiger partial charge in [0.15, 0.2) is 0 Å². The first-order chi connectivity index (χ1) is 5.73. The molecule has 0 aliphatic heterocycles. The SMILES string of the molecule is O=C(O)C1(C=C2CCCC2)CC1. The van der Waals surface area contributed by atoms with Crippen molar-refractivity contribution in [2.24, 2.45) is 5.41 Å². The van der Waals surface area contributed by atoms with Crippen LogP contribution < -0.4 is 0 Å². The molecule has 0 saturated heterocycles. The molecule has 2 aliphatic rings. The Morgan fingerprint density at radius 3 is 2.33 bits per heavy atom. The summed E-state index contributed by atoms with van der Waals surface area (Å²) in [4.78, 5) is 10.8. The molecule has 12 heavy (non-hydrogen) atoms. The van der Waals surface area contributed by atoms with Crippen LogP contribution in [0.3, 0.4) is 0 Å². The average Bonchev–Trinajstić information content (AvgIpc) is 2.60. The van der Waals surface area contributed by atoms with Crippen molar-refractivity contribution in [1.82, 2.24) is 0 Å². The topological polar surface area (TPSA) is 37.3 Å². The van der Waals surface area contributed by atoms with Crippen molar-refractivity contribution >= 4 is 5.97 Å². The molecule has 2 heteroatoms. The fraction of sp³-hybridized carbons (Fsp3) is 0.700. The maximum atomic E-state index is 10.8. The predicted molar refractivity (Wildman–Crippen MR) is 45.9 cm³/mol. The normalized spacial score (nSPS) is 25.5. The molecular weight excluding hydrogens is 152 g/mol. The molecule has 2 saturated carbocycles. The Morgan fingerprint density at radius 1 is 1.33 bits per heavy atom. The van der Waals surface area contributed by atoms with E-state index in [9.17, 15) is 4.79 Å². The molecule has 1 N–H and O–H groups in total. The Bertz CT molecular complexity index is 228. The number of allylic oxidation sites excluding steroid dienone is 1. The van der Waals surface area contributed by atoms with Crippen molar-refractivity contribution < 1.29 is 9.90 Å². The lowest BCUT2D eigenvalue weighted by Gasteiger charge is -2.04. The minimum absolute atomic E-state index is 0.431. The summed E-state index contributed by atoms with van der Waals surface area (Å²) in [5.41, 5.74) is 0.953. The standard InChI is InChI=1S/C10H14O2/c11-9(12)10(5-6-10)7-8-3-1-2-4-8/h7H,1-6H2,(H,11,12). The number of carbonyl (C=O) groups is 1. The fourth-order valence-electron chi connectivity index (χ4n) is 1.92. The van der Waals surface area contributed by atoms with Gasteiger partial charge in [-0.15, -0.1) is 0 Å². The highest BCUT2D eigenvalue weighted by molar-refractivity contribution is 5.80. The number of carboxylic acid groups (broad SMARTS) is 1. The van der Waals surface area contributed by atoms with Gasteiger partial charge in [0.05, 0.1) is 5.41 Å². The van der Waals surface area contributed by atoms with Crippen LogP contribution in [0.2, 0.25) is 0 Å². The third-order valence-electron chi connectivity index (χ3n) is 2.94. The summed E-state index contributed by atoms with van der Waals surface area (Å²) in [6.45, 7) is 0. The van der Waals surface area contributed by atoms with Crippen LogP contribution in [-0.4, -0.2) is 11.1 Å². The van der Waals surface area contributed by atoms with E-state index in [1.54, 1.807) is 0 Å². The summed E-state index contributed by atoms with van der Waals surface area (Å²) in [6, 6.07) is 0. The molecule has 66 valence electrons. The predicted octanol–water partition coefficient (Wildman–Crippen LogP) is 2.35. The molecule has 0 aromatic carbocycles. The monoisotopic (exact) mass is 166 g/mol. The molecule has 0 heterocycles. The Balaban J connectivity index is 2.10. The Labute approximate surface area is 72.3 Å². The van der Waals surface area contributed by atoms with Crippen LogP contribution in [-0.2, 0) is 4.79 Å². The number of aliphatic carboxylic acids is 1. The fourth-order valence-corrected chi connectivity index (χ4v) is 1.92. The lowest BCUT2D eigenvalue weighted by Crippen LogP contribution is -2.11. The van der Waals surface area contributed by atoms with Gasteiger partial charge in [-0.25, -0.2) is 0 Å². The van der Waals surface area contributed by atoms with Crippen LogP contribution in [0.4, 0.5) is 0 Å². The van der Waals surface area contributed by atoms with Crippen LogP contribution in [0.15, 0.2) is 11.6 Å². The van der Waals surface area contributed by atoms with E-state index in [1.165, 1.54) is 18.4 Å². The second-order valence-electron chi connectivity index (χ2n) is 3.97. The van der Waals surface area contributed by atoms with Crippen molar-refractivity contribution in [3.63, 3.8) is 0 Å². The highest BCUT2D eigenvalue weighted by Gasteiger charge is 2.48. The number of hydrogen-bond acceptors (Lipinski definition) is 1. The second kappa shape index (κ2) is 2.61. The van der Waals surface area contributed by atoms with Gasteiger partial charge in [-0.3, -0.25) is 4.79 Å². The van der Waals surface area contributed by atoms with E-state index in [4.69, 9.17) is 5.11 Å². The summed E-state index contributed by atoms with van der Waals surface area (Å²) in [5.74, 6) is -0.623. The number of carboxylic acids is 1. The van der Waals surface area contributed by atoms with E-state index >= 15 is 0 Å². The van der Waals surface area contributed by atoms with Crippen molar-refractivity contribution in [1.29, 1.82) is 0 Å². The zero-order valence-corrected chi connectivity index (χ0v) is 7.18. The molecule has 2 aliphatic carbocycles. The second-order valence-corrected chi connectivity index (χ2v) is 3.97. The third-order valence-corrected chi connectivity index (χ3v) is 2.94. The third kappa shape index (κ3) is 1.26. The lowest BCUT2D eigenvalue weighted by molar-refractivity contribution is -0.141. The molecule has 2 fully saturated rings. The van der Waals surface area contributed by atoms with Crippen molar-refractivity contribution in [3.05, 3.63) is 11.6 Å². The van der Waals surface area contributed by atoms with Crippen LogP contribution in [0.1, 0.15) is 38.5 Å². The quantitative estimate of drug-likeness (QED) is 0.639. The van der Waals surface area contributed by atoms with Gasteiger partial charge >= 0.3 is 5.97 Å². The molecular formula is C10H14O2. The Morgan fingerprint density at radius 2 is 1.92 bits per heavy atom. The van der Waals surface area contributed by atoms with Gasteiger partial charge in [-0.1, -0.05) is 11.6 Å². The Kier molecular flexibility index (Phi) is 1.71. The van der Waals surface area contributed by atoms with E-state index in [2.05, 4.69) is 0 Å². The molecule has 0 spiro atoms. The summed E-state index contributed by atoms with van der Waals surface area (Å²) in [5, 5.41) is 8.92. The van der Waals surface area contributed by atoms with Gasteiger partial charge in [0.1, 0.15) is 0 Å². The molecule has 0 aromatic heterocycles. The van der Waals surface area contributed by atoms with Gasteiger partial charge in [0, 0.05) is 0 Å². The summed E-state index contributed by atoms with van der Waals surface area (Å²) >= 11 is 0. The highest BCUT2D eigenvalue weighted by Crippen LogP contribution is 2.49. The number of rotatable bonds is 2. The molecule has 2 rings (SSSR count). The molecule has 0 radical (unpaired) electrons. The van der Waals surface area contributed by atoms with Crippen molar-refractivity contribution in [2.75, 3.05) is 0 Å². The minimum atomic E-state index is -0.623. The largest absolute Gasteiger partial charge is 0.481 e. The number of hydrogen-bond donors (Lipinski definition) is 1. The summed E-state index contributed by atoms with van der Waals surface area (Å²) in [7, 11) is 0. The van der Waals surface area contributed by atoms with Gasteiger partial charge < -0.3 is 5.11 Å². The average molecular weight is 166 g/mol. The highest BCUT2D eigenvalue weighted by atomic mass is 16.4. The van der Waals surface area contributed by atoms with Crippen LogP contribution >= 0.6 is 0 Å². The molecule has 0 bridgehead atoms. The van der Waals surface area contributed by atoms with Crippen molar-refractivity contribution in [2.45, 2.75) is 38.5 Å². The zero-order chi connectivity index (χ0) is 8.60. The maximum Gasteiger partial charge on any atom is 0.313 e. The summed E-state index contributed by atoms with van der Waals surface area (Å²) in [6.07, 6.45) is 8.51. The van der Waals surface area contributed by atoms with E-state index in [0.717, 1.165) is 25.7 Å². The smallest absolute Gasteiger partial charge is 0.313 e. The van der Waals surface area contributed by atoms with Gasteiger partial charge in [-0.05, 0) is 38.5 Å². The van der Waals surface area contributed by atoms with Crippen LogP contribution in [0.25, 0.3) is 0 Å². The lowest BCUT2D eigenvalue weighted by atomic mass is 10.0. The first kappa shape index (κ1) is 7.84. The molecule has 0 amide bonds. The van der Waals surface area contributed by atoms with Crippen LogP contribution in [0, 0.1) is 5.41 Å². The van der Waals surface area contributed by atoms with Gasteiger partial charge in [0.2, 0.25) is 0 Å². The van der Waals surface area contributed by atoms with Crippen LogP contribution in [0.5, 0.6) is 0 Å². The zero-order valence-electron chi connectivity index (χ0n) is 7.18. The van der Waals surface area contributed by atoms with E-state index < -0.39 is 11.4 Å². The summed E-state index contributed by atoms with van der Waals surface area (Å²) < 4.78 is 0. The molecule has 0 unspecified atom stereocenters. The molecule has 2 nitrogen and oxygen atoms in total. The van der Waals surface area contributed by atoms with Gasteiger partial charge in [-0.2, -0.15) is 0 Å². The Hall–Kier alpha value is -0.790. The first-order valence-electron chi connectivity index (χ1n) is 4.67. The van der Waals surface area contributed by atoms with E-state index in [1.807, 2.05) is 6.08 Å². The maximum absolute atomic E-state index is 10.8. The van der Waals surface area contributed by atoms with Gasteiger partial charge in [0.25, 0.3) is 0 Å². The molecule has 0 aromatic rings. The van der Waals surface area contributed by atoms with E-state index in [0.29, 0.717) is 0 Å². The minimum Gasteiger partial charge on any atom is -0.481 e. The van der Waals surface area contributed by atoms with Crippen molar-refractivity contribution in [3.8, 4) is 0 Å². The first-order valence-corrected chi connectivity index (χ1v) is 4.67. The van der Waals surface area contributed by atoms with E-state index in [-0.39, 0.29) is 0 Å². The molecule has 0 atom stereocenters.